The molecule has 3 rings (SSSR count). The van der Waals surface area contributed by atoms with Gasteiger partial charge in [-0.05, 0) is 51.0 Å². The molecule has 0 aromatic heterocycles. The van der Waals surface area contributed by atoms with Gasteiger partial charge in [0.15, 0.2) is 0 Å². The third-order valence-electron chi connectivity index (χ3n) is 5.31. The second kappa shape index (κ2) is 6.82. The minimum absolute atomic E-state index is 0.148. The van der Waals surface area contributed by atoms with Gasteiger partial charge in [0.1, 0.15) is 0 Å². The summed E-state index contributed by atoms with van der Waals surface area (Å²) in [5, 5.41) is 0. The fourth-order valence-corrected chi connectivity index (χ4v) is 4.02. The zero-order valence-electron chi connectivity index (χ0n) is 13.6. The largest absolute Gasteiger partial charge is 0.335 e. The van der Waals surface area contributed by atoms with Gasteiger partial charge in [-0.15, -0.1) is 0 Å². The van der Waals surface area contributed by atoms with Gasteiger partial charge in [0.2, 0.25) is 5.91 Å². The number of nitrogens with zero attached hydrogens (tertiary/aromatic N) is 1. The van der Waals surface area contributed by atoms with Crippen LogP contribution in [0.5, 0.6) is 0 Å². The normalized spacial score (nSPS) is 29.4. The molecule has 22 heavy (non-hydrogen) atoms. The van der Waals surface area contributed by atoms with Crippen molar-refractivity contribution in [1.82, 2.24) is 4.90 Å². The first kappa shape index (κ1) is 15.5. The maximum absolute atomic E-state index is 13.0. The van der Waals surface area contributed by atoms with Crippen LogP contribution in [0.25, 0.3) is 0 Å². The van der Waals surface area contributed by atoms with E-state index < -0.39 is 0 Å². The Morgan fingerprint density at radius 1 is 1.09 bits per heavy atom. The van der Waals surface area contributed by atoms with Gasteiger partial charge < -0.3 is 10.6 Å². The standard InChI is InChI=1S/C19H28N2O/c1-14-8-10-15(11-9-14)18-7-2-3-12-21(18)19(22)16-5-4-6-17(20)13-16/h8-11,16-18H,2-7,12-13,20H2,1H3. The van der Waals surface area contributed by atoms with Crippen molar-refractivity contribution in [1.29, 1.82) is 0 Å². The number of carbonyl (C=O) groups excluding carboxylic acids is 1. The van der Waals surface area contributed by atoms with E-state index in [4.69, 9.17) is 5.73 Å². The van der Waals surface area contributed by atoms with Crippen molar-refractivity contribution >= 4 is 5.91 Å². The fraction of sp³-hybridized carbons (Fsp3) is 0.632. The predicted molar refractivity (Wildman–Crippen MR) is 89.4 cm³/mol. The van der Waals surface area contributed by atoms with Crippen LogP contribution in [0.4, 0.5) is 0 Å². The van der Waals surface area contributed by atoms with E-state index in [0.29, 0.717) is 5.91 Å². The van der Waals surface area contributed by atoms with Crippen molar-refractivity contribution in [3.63, 3.8) is 0 Å². The summed E-state index contributed by atoms with van der Waals surface area (Å²) in [4.78, 5) is 15.2. The van der Waals surface area contributed by atoms with Crippen molar-refractivity contribution in [2.45, 2.75) is 64.0 Å². The summed E-state index contributed by atoms with van der Waals surface area (Å²) in [5.74, 6) is 0.496. The highest BCUT2D eigenvalue weighted by Gasteiger charge is 2.34. The lowest BCUT2D eigenvalue weighted by Crippen LogP contribution is -2.44. The van der Waals surface area contributed by atoms with Crippen molar-refractivity contribution in [2.75, 3.05) is 6.54 Å². The van der Waals surface area contributed by atoms with E-state index in [-0.39, 0.29) is 18.0 Å². The van der Waals surface area contributed by atoms with Crippen LogP contribution >= 0.6 is 0 Å². The molecule has 1 aliphatic carbocycles. The fourth-order valence-electron chi connectivity index (χ4n) is 4.02. The van der Waals surface area contributed by atoms with Gasteiger partial charge >= 0.3 is 0 Å². The van der Waals surface area contributed by atoms with Gasteiger partial charge in [-0.2, -0.15) is 0 Å². The third-order valence-corrected chi connectivity index (χ3v) is 5.31. The zero-order valence-corrected chi connectivity index (χ0v) is 13.6. The van der Waals surface area contributed by atoms with E-state index in [1.165, 1.54) is 17.5 Å². The van der Waals surface area contributed by atoms with Crippen LogP contribution in [0.1, 0.15) is 62.1 Å². The van der Waals surface area contributed by atoms with E-state index in [0.717, 1.165) is 45.1 Å². The Balaban J connectivity index is 1.77. The van der Waals surface area contributed by atoms with Crippen LogP contribution in [-0.2, 0) is 4.79 Å². The SMILES string of the molecule is Cc1ccc(C2CCCCN2C(=O)C2CCCC(N)C2)cc1. The highest BCUT2D eigenvalue weighted by molar-refractivity contribution is 5.79. The minimum atomic E-state index is 0.148. The average Bonchev–Trinajstić information content (AvgIpc) is 2.55. The number of aryl methyl sites for hydroxylation is 1. The molecule has 2 aliphatic rings. The summed E-state index contributed by atoms with van der Waals surface area (Å²) in [6, 6.07) is 9.17. The molecule has 3 unspecified atom stereocenters. The molecular formula is C19H28N2O. The molecule has 1 saturated carbocycles. The number of hydrogen-bond donors (Lipinski definition) is 1. The number of carbonyl (C=O) groups is 1. The number of nitrogens with two attached hydrogens (primary N) is 1. The lowest BCUT2D eigenvalue weighted by molar-refractivity contribution is -0.140. The van der Waals surface area contributed by atoms with Gasteiger partial charge in [0.25, 0.3) is 0 Å². The third kappa shape index (κ3) is 3.35. The van der Waals surface area contributed by atoms with E-state index in [1.807, 2.05) is 0 Å². The first-order chi connectivity index (χ1) is 10.6. The molecule has 3 heteroatoms. The van der Waals surface area contributed by atoms with E-state index in [1.54, 1.807) is 0 Å². The molecular weight excluding hydrogens is 272 g/mol. The monoisotopic (exact) mass is 300 g/mol. The number of benzene rings is 1. The molecule has 0 radical (unpaired) electrons. The van der Waals surface area contributed by atoms with Crippen LogP contribution in [0, 0.1) is 12.8 Å². The van der Waals surface area contributed by atoms with Crippen molar-refractivity contribution < 1.29 is 4.79 Å². The van der Waals surface area contributed by atoms with Gasteiger partial charge in [-0.25, -0.2) is 0 Å². The molecule has 1 aromatic carbocycles. The maximum Gasteiger partial charge on any atom is 0.226 e. The lowest BCUT2D eigenvalue weighted by Gasteiger charge is -2.39. The van der Waals surface area contributed by atoms with Gasteiger partial charge in [0.05, 0.1) is 6.04 Å². The second-order valence-corrected chi connectivity index (χ2v) is 7.08. The van der Waals surface area contributed by atoms with Gasteiger partial charge in [-0.1, -0.05) is 36.2 Å². The second-order valence-electron chi connectivity index (χ2n) is 7.08. The Kier molecular flexibility index (Phi) is 4.82. The molecule has 1 saturated heterocycles. The molecule has 1 heterocycles. The van der Waals surface area contributed by atoms with Gasteiger partial charge in [-0.3, -0.25) is 4.79 Å². The number of rotatable bonds is 2. The van der Waals surface area contributed by atoms with E-state index in [9.17, 15) is 4.79 Å². The molecule has 0 spiro atoms. The Hall–Kier alpha value is -1.35. The Morgan fingerprint density at radius 3 is 2.59 bits per heavy atom. The van der Waals surface area contributed by atoms with Crippen LogP contribution in [0.15, 0.2) is 24.3 Å². The number of hydrogen-bond acceptors (Lipinski definition) is 2. The predicted octanol–water partition coefficient (Wildman–Crippen LogP) is 3.57. The lowest BCUT2D eigenvalue weighted by atomic mass is 9.84. The van der Waals surface area contributed by atoms with Crippen molar-refractivity contribution in [3.05, 3.63) is 35.4 Å². The molecule has 120 valence electrons. The summed E-state index contributed by atoms with van der Waals surface area (Å²) in [5.41, 5.74) is 8.65. The smallest absolute Gasteiger partial charge is 0.226 e. The summed E-state index contributed by atoms with van der Waals surface area (Å²) >= 11 is 0. The van der Waals surface area contributed by atoms with Crippen molar-refractivity contribution in [3.8, 4) is 0 Å². The first-order valence-corrected chi connectivity index (χ1v) is 8.78. The van der Waals surface area contributed by atoms with E-state index in [2.05, 4.69) is 36.1 Å². The summed E-state index contributed by atoms with van der Waals surface area (Å²) < 4.78 is 0. The van der Waals surface area contributed by atoms with Crippen LogP contribution in [-0.4, -0.2) is 23.4 Å². The Bertz CT molecular complexity index is 511. The molecule has 1 amide bonds. The first-order valence-electron chi connectivity index (χ1n) is 8.78. The topological polar surface area (TPSA) is 46.3 Å². The minimum Gasteiger partial charge on any atom is -0.335 e. The van der Waals surface area contributed by atoms with Crippen LogP contribution < -0.4 is 5.73 Å². The summed E-state index contributed by atoms with van der Waals surface area (Å²) in [6.07, 6.45) is 7.50. The molecule has 1 aliphatic heterocycles. The summed E-state index contributed by atoms with van der Waals surface area (Å²) in [6.45, 7) is 3.01. The van der Waals surface area contributed by atoms with Crippen molar-refractivity contribution in [2.24, 2.45) is 11.7 Å². The number of piperidine rings is 1. The quantitative estimate of drug-likeness (QED) is 0.907. The van der Waals surface area contributed by atoms with Crippen LogP contribution in [0.2, 0.25) is 0 Å². The zero-order chi connectivity index (χ0) is 15.5. The number of likely N-dealkylation sites (tertiary alicyclic amines) is 1. The highest BCUT2D eigenvalue weighted by Crippen LogP contribution is 2.34. The summed E-state index contributed by atoms with van der Waals surface area (Å²) in [7, 11) is 0. The highest BCUT2D eigenvalue weighted by atomic mass is 16.2. The Morgan fingerprint density at radius 2 is 1.86 bits per heavy atom. The van der Waals surface area contributed by atoms with E-state index >= 15 is 0 Å². The molecule has 3 atom stereocenters. The van der Waals surface area contributed by atoms with Gasteiger partial charge in [0, 0.05) is 18.5 Å². The van der Waals surface area contributed by atoms with Crippen LogP contribution in [0.3, 0.4) is 0 Å². The molecule has 2 N–H and O–H groups in total. The molecule has 2 fully saturated rings. The molecule has 0 bridgehead atoms. The average molecular weight is 300 g/mol. The molecule has 1 aromatic rings. The molecule has 3 nitrogen and oxygen atoms in total. The Labute approximate surface area is 133 Å². The maximum atomic E-state index is 13.0. The number of amides is 1.